The van der Waals surface area contributed by atoms with Crippen molar-refractivity contribution in [2.75, 3.05) is 10.6 Å². The third-order valence-electron chi connectivity index (χ3n) is 2.32. The van der Waals surface area contributed by atoms with Crippen molar-refractivity contribution in [2.45, 2.75) is 12.7 Å². The molecule has 0 aliphatic heterocycles. The average Bonchev–Trinajstić information content (AvgIpc) is 2.89. The molecule has 0 unspecified atom stereocenters. The van der Waals surface area contributed by atoms with Gasteiger partial charge in [0.1, 0.15) is 0 Å². The lowest BCUT2D eigenvalue weighted by atomic mass is 10.2. The molecule has 0 bridgehead atoms. The Hall–Kier alpha value is -2.09. The summed E-state index contributed by atoms with van der Waals surface area (Å²) in [5, 5.41) is 7.36. The molecule has 20 heavy (non-hydrogen) atoms. The zero-order chi connectivity index (χ0) is 14.6. The molecule has 0 aliphatic carbocycles. The molecule has 2 aromatic rings. The monoisotopic (exact) mass is 301 g/mol. The van der Waals surface area contributed by atoms with Gasteiger partial charge in [0.15, 0.2) is 5.13 Å². The van der Waals surface area contributed by atoms with Gasteiger partial charge in [-0.25, -0.2) is 4.98 Å². The van der Waals surface area contributed by atoms with E-state index in [9.17, 15) is 18.0 Å². The summed E-state index contributed by atoms with van der Waals surface area (Å²) in [6.07, 6.45) is -3.25. The Morgan fingerprint density at radius 2 is 2.15 bits per heavy atom. The number of carbonyl (C=O) groups is 1. The molecule has 0 saturated heterocycles. The van der Waals surface area contributed by atoms with Crippen LogP contribution in [-0.2, 0) is 11.3 Å². The molecule has 1 aromatic heterocycles. The molecular formula is C12H10F3N3OS. The van der Waals surface area contributed by atoms with Gasteiger partial charge in [0.05, 0.1) is 0 Å². The molecule has 0 aliphatic rings. The molecule has 0 fully saturated rings. The standard InChI is InChI=1S/C12H10F3N3OS/c13-12(14,15)10(19)18-9-3-1-2-8(6-9)7-17-11-16-4-5-20-11/h1-6H,7H2,(H,16,17)(H,18,19). The number of aromatic nitrogens is 1. The normalized spacial score (nSPS) is 11.2. The maximum atomic E-state index is 12.1. The first-order valence-corrected chi connectivity index (χ1v) is 6.43. The van der Waals surface area contributed by atoms with E-state index in [4.69, 9.17) is 0 Å². The Labute approximate surface area is 116 Å². The summed E-state index contributed by atoms with van der Waals surface area (Å²) in [5.41, 5.74) is 0.839. The van der Waals surface area contributed by atoms with E-state index in [-0.39, 0.29) is 5.69 Å². The number of amides is 1. The Balaban J connectivity index is 1.99. The molecular weight excluding hydrogens is 291 g/mol. The zero-order valence-corrected chi connectivity index (χ0v) is 10.9. The summed E-state index contributed by atoms with van der Waals surface area (Å²) in [6, 6.07) is 6.19. The minimum absolute atomic E-state index is 0.103. The van der Waals surface area contributed by atoms with Crippen molar-refractivity contribution in [3.8, 4) is 0 Å². The highest BCUT2D eigenvalue weighted by molar-refractivity contribution is 7.13. The predicted molar refractivity (Wildman–Crippen MR) is 70.6 cm³/mol. The number of halogens is 3. The van der Waals surface area contributed by atoms with Gasteiger partial charge in [0.2, 0.25) is 0 Å². The van der Waals surface area contributed by atoms with E-state index in [1.54, 1.807) is 18.3 Å². The molecule has 0 saturated carbocycles. The Bertz CT molecular complexity index is 584. The van der Waals surface area contributed by atoms with Crippen LogP contribution in [0.15, 0.2) is 35.8 Å². The smallest absolute Gasteiger partial charge is 0.357 e. The number of nitrogens with zero attached hydrogens (tertiary/aromatic N) is 1. The first-order valence-electron chi connectivity index (χ1n) is 5.55. The van der Waals surface area contributed by atoms with Gasteiger partial charge < -0.3 is 10.6 Å². The first-order chi connectivity index (χ1) is 9.45. The molecule has 0 radical (unpaired) electrons. The van der Waals surface area contributed by atoms with Gasteiger partial charge in [-0.3, -0.25) is 4.79 Å². The van der Waals surface area contributed by atoms with Crippen LogP contribution in [0.4, 0.5) is 24.0 Å². The molecule has 4 nitrogen and oxygen atoms in total. The number of carbonyl (C=O) groups excluding carboxylic acids is 1. The van der Waals surface area contributed by atoms with Gasteiger partial charge >= 0.3 is 12.1 Å². The Morgan fingerprint density at radius 1 is 1.35 bits per heavy atom. The van der Waals surface area contributed by atoms with Crippen molar-refractivity contribution in [1.82, 2.24) is 4.98 Å². The average molecular weight is 301 g/mol. The lowest BCUT2D eigenvalue weighted by Crippen LogP contribution is -2.29. The van der Waals surface area contributed by atoms with Crippen LogP contribution in [0.2, 0.25) is 0 Å². The molecule has 0 spiro atoms. The van der Waals surface area contributed by atoms with E-state index in [2.05, 4.69) is 10.3 Å². The number of thiazole rings is 1. The third-order valence-corrected chi connectivity index (χ3v) is 3.05. The van der Waals surface area contributed by atoms with E-state index in [1.807, 2.05) is 10.7 Å². The van der Waals surface area contributed by atoms with Crippen LogP contribution in [0.3, 0.4) is 0 Å². The molecule has 1 amide bonds. The maximum absolute atomic E-state index is 12.1. The summed E-state index contributed by atoms with van der Waals surface area (Å²) in [4.78, 5) is 14.9. The van der Waals surface area contributed by atoms with Crippen LogP contribution >= 0.6 is 11.3 Å². The van der Waals surface area contributed by atoms with E-state index in [0.717, 1.165) is 10.7 Å². The van der Waals surface area contributed by atoms with Crippen LogP contribution in [0.5, 0.6) is 0 Å². The van der Waals surface area contributed by atoms with Crippen LogP contribution in [0, 0.1) is 0 Å². The fourth-order valence-corrected chi connectivity index (χ4v) is 1.98. The largest absolute Gasteiger partial charge is 0.471 e. The van der Waals surface area contributed by atoms with Gasteiger partial charge in [-0.1, -0.05) is 12.1 Å². The highest BCUT2D eigenvalue weighted by atomic mass is 32.1. The SMILES string of the molecule is O=C(Nc1cccc(CNc2nccs2)c1)C(F)(F)F. The van der Waals surface area contributed by atoms with Gasteiger partial charge in [-0.2, -0.15) is 13.2 Å². The summed E-state index contributed by atoms with van der Waals surface area (Å²) >= 11 is 1.42. The summed E-state index contributed by atoms with van der Waals surface area (Å²) < 4.78 is 36.4. The maximum Gasteiger partial charge on any atom is 0.471 e. The number of hydrogen-bond acceptors (Lipinski definition) is 4. The Kier molecular flexibility index (Phi) is 4.23. The van der Waals surface area contributed by atoms with E-state index < -0.39 is 12.1 Å². The molecule has 0 atom stereocenters. The van der Waals surface area contributed by atoms with Crippen LogP contribution < -0.4 is 10.6 Å². The number of nitrogens with one attached hydrogen (secondary N) is 2. The lowest BCUT2D eigenvalue weighted by Gasteiger charge is -2.09. The zero-order valence-electron chi connectivity index (χ0n) is 10.1. The highest BCUT2D eigenvalue weighted by Gasteiger charge is 2.38. The number of alkyl halides is 3. The second kappa shape index (κ2) is 5.91. The summed E-state index contributed by atoms with van der Waals surface area (Å²) in [6.45, 7) is 0.406. The van der Waals surface area contributed by atoms with Crippen molar-refractivity contribution in [1.29, 1.82) is 0 Å². The van der Waals surface area contributed by atoms with Crippen molar-refractivity contribution >= 4 is 28.1 Å². The molecule has 1 heterocycles. The van der Waals surface area contributed by atoms with Gasteiger partial charge in [-0.05, 0) is 17.7 Å². The van der Waals surface area contributed by atoms with Gasteiger partial charge in [0.25, 0.3) is 0 Å². The fourth-order valence-electron chi connectivity index (χ4n) is 1.45. The number of rotatable bonds is 4. The first kappa shape index (κ1) is 14.3. The third kappa shape index (κ3) is 3.95. The van der Waals surface area contributed by atoms with E-state index >= 15 is 0 Å². The van der Waals surface area contributed by atoms with Crippen LogP contribution in [0.25, 0.3) is 0 Å². The van der Waals surface area contributed by atoms with Gasteiger partial charge in [0, 0.05) is 23.8 Å². The Morgan fingerprint density at radius 3 is 2.80 bits per heavy atom. The lowest BCUT2D eigenvalue weighted by molar-refractivity contribution is -0.167. The van der Waals surface area contributed by atoms with Crippen LogP contribution in [-0.4, -0.2) is 17.1 Å². The number of hydrogen-bond donors (Lipinski definition) is 2. The molecule has 2 N–H and O–H groups in total. The summed E-state index contributed by atoms with van der Waals surface area (Å²) in [7, 11) is 0. The van der Waals surface area contributed by atoms with Gasteiger partial charge in [-0.15, -0.1) is 11.3 Å². The minimum Gasteiger partial charge on any atom is -0.357 e. The minimum atomic E-state index is -4.89. The van der Waals surface area contributed by atoms with Crippen molar-refractivity contribution < 1.29 is 18.0 Å². The van der Waals surface area contributed by atoms with Crippen molar-refractivity contribution in [3.63, 3.8) is 0 Å². The van der Waals surface area contributed by atoms with E-state index in [1.165, 1.54) is 23.5 Å². The predicted octanol–water partition coefficient (Wildman–Crippen LogP) is 3.26. The van der Waals surface area contributed by atoms with Crippen molar-refractivity contribution in [3.05, 3.63) is 41.4 Å². The molecule has 1 aromatic carbocycles. The quantitative estimate of drug-likeness (QED) is 0.911. The summed E-state index contributed by atoms with van der Waals surface area (Å²) in [5.74, 6) is -1.98. The van der Waals surface area contributed by atoms with Crippen LogP contribution in [0.1, 0.15) is 5.56 Å². The number of anilines is 2. The number of benzene rings is 1. The highest BCUT2D eigenvalue weighted by Crippen LogP contribution is 2.19. The second-order valence-corrected chi connectivity index (χ2v) is 4.74. The molecule has 106 valence electrons. The second-order valence-electron chi connectivity index (χ2n) is 3.84. The van der Waals surface area contributed by atoms with E-state index in [0.29, 0.717) is 6.54 Å². The van der Waals surface area contributed by atoms with Crippen molar-refractivity contribution in [2.24, 2.45) is 0 Å². The fraction of sp³-hybridized carbons (Fsp3) is 0.167. The topological polar surface area (TPSA) is 54.0 Å². The molecule has 2 rings (SSSR count). The molecule has 8 heteroatoms.